The number of nitrogens with zero attached hydrogens (tertiary/aromatic N) is 9. The van der Waals surface area contributed by atoms with Crippen LogP contribution < -0.4 is 119 Å². The lowest BCUT2D eigenvalue weighted by Gasteiger charge is -2.27. The highest BCUT2D eigenvalue weighted by molar-refractivity contribution is 6.13. The lowest BCUT2D eigenvalue weighted by atomic mass is 9.88. The lowest BCUT2D eigenvalue weighted by Crippen LogP contribution is -2.49. The van der Waals surface area contributed by atoms with Gasteiger partial charge in [0.05, 0.1) is 24.2 Å². The first-order valence-electron chi connectivity index (χ1n) is 36.6. The van der Waals surface area contributed by atoms with Crippen molar-refractivity contribution in [1.82, 2.24) is 26.2 Å². The summed E-state index contributed by atoms with van der Waals surface area (Å²) in [5, 5.41) is 11.2. The predicted molar refractivity (Wildman–Crippen MR) is 416 cm³/mol. The number of ketones is 5. The highest BCUT2D eigenvalue weighted by atomic mass is 16.2. The van der Waals surface area contributed by atoms with E-state index in [1.165, 1.54) is 0 Å². The zero-order chi connectivity index (χ0) is 82.0. The first-order chi connectivity index (χ1) is 51.5. The molecule has 1 aliphatic heterocycles. The molecule has 1 heterocycles. The molecule has 0 bridgehead atoms. The number of primary amides is 1. The molecule has 1 aliphatic rings. The van der Waals surface area contributed by atoms with Gasteiger partial charge in [-0.25, -0.2) is 0 Å². The molecule has 7 amide bonds. The van der Waals surface area contributed by atoms with Gasteiger partial charge in [0.15, 0.2) is 70.8 Å². The summed E-state index contributed by atoms with van der Waals surface area (Å²) in [6.45, 7) is 2.00. The standard InChI is InChI=1S/C67H122N30O12/c1-39(13-5-26-85-60(69)70)56(106)93-45(19-9-30-89-64(77)78)50(100)36-41(15-6-27-86-61(71)72)58(108)95-47(21-11-32-91-66(81)82)52(102)38-43(17-8-29-88-63(75)76)59(109)96-48(22-12-33-92-67(83)84)51(101)37-42(16-7-28-87-62(73)74)57(107)94-46(20-10-31-90-65(79)80)49(99)35-40(55(68)105)14-3-2-4-18-44(98)25-34-97-53(103)23-24-54(97)104/h23-24,39-43,45-48H,2-22,25-38H2,1H3,(H2,68,105)(H,93,106)(H,94,107)(H,95,108)(H,96,109)(H4,69,70,85)(H4,71,72,86)(H4,73,74,87)(H4,75,76,88)(H4,77,78,89)(H4,79,80,90)(H4,81,82,91)(H4,83,84,92)/t39-,40+,41+,42+,43+,45-,46-,47-,48-/m1/s1. The van der Waals surface area contributed by atoms with Crippen molar-refractivity contribution in [3.63, 3.8) is 0 Å². The van der Waals surface area contributed by atoms with E-state index >= 15 is 9.59 Å². The van der Waals surface area contributed by atoms with Gasteiger partial charge in [-0.15, -0.1) is 0 Å². The Labute approximate surface area is 635 Å². The molecular formula is C67H122N30O12. The van der Waals surface area contributed by atoms with Gasteiger partial charge < -0.3 is 119 Å². The van der Waals surface area contributed by atoms with Crippen molar-refractivity contribution in [2.45, 2.75) is 198 Å². The van der Waals surface area contributed by atoms with E-state index in [9.17, 15) is 47.9 Å². The number of hydrogen-bond donors (Lipinski definition) is 21. The molecule has 109 heavy (non-hydrogen) atoms. The Hall–Kier alpha value is -11.3. The monoisotopic (exact) mass is 1540 g/mol. The number of carbonyl (C=O) groups excluding carboxylic acids is 12. The van der Waals surface area contributed by atoms with Crippen molar-refractivity contribution in [3.05, 3.63) is 12.2 Å². The highest BCUT2D eigenvalue weighted by Crippen LogP contribution is 2.24. The number of Topliss-reactive ketones (excluding diaryl/α,β-unsaturated/α-hetero) is 5. The third-order valence-corrected chi connectivity index (χ3v) is 17.5. The van der Waals surface area contributed by atoms with Gasteiger partial charge in [0, 0.05) is 139 Å². The van der Waals surface area contributed by atoms with Gasteiger partial charge in [0.25, 0.3) is 11.8 Å². The summed E-state index contributed by atoms with van der Waals surface area (Å²) in [6.07, 6.45) is 3.20. The second-order valence-electron chi connectivity index (χ2n) is 26.7. The Morgan fingerprint density at radius 1 is 0.312 bits per heavy atom. The van der Waals surface area contributed by atoms with Gasteiger partial charge >= 0.3 is 0 Å². The smallest absolute Gasteiger partial charge is 0.253 e. The molecule has 0 aromatic rings. The summed E-state index contributed by atoms with van der Waals surface area (Å²) in [6, 6.07) is -5.18. The molecule has 0 saturated carbocycles. The van der Waals surface area contributed by atoms with Crippen LogP contribution in [0.1, 0.15) is 174 Å². The minimum absolute atomic E-state index is 0.00351. The average Bonchev–Trinajstić information content (AvgIpc) is 1.41. The van der Waals surface area contributed by atoms with Crippen molar-refractivity contribution in [2.75, 3.05) is 58.9 Å². The minimum atomic E-state index is -1.40. The van der Waals surface area contributed by atoms with Gasteiger partial charge in [-0.05, 0) is 116 Å². The molecule has 38 N–H and O–H groups in total. The fraction of sp³-hybridized carbons (Fsp3) is 0.672. The summed E-state index contributed by atoms with van der Waals surface area (Å²) < 4.78 is 0. The van der Waals surface area contributed by atoms with E-state index < -0.39 is 144 Å². The highest BCUT2D eigenvalue weighted by Gasteiger charge is 2.36. The van der Waals surface area contributed by atoms with Gasteiger partial charge in [-0.2, -0.15) is 0 Å². The molecule has 42 nitrogen and oxygen atoms in total. The van der Waals surface area contributed by atoms with E-state index in [4.69, 9.17) is 97.5 Å². The molecule has 42 heteroatoms. The number of nitrogens with two attached hydrogens (primary N) is 17. The fourth-order valence-electron chi connectivity index (χ4n) is 11.6. The number of amides is 7. The molecule has 1 rings (SSSR count). The summed E-state index contributed by atoms with van der Waals surface area (Å²) in [5.41, 5.74) is 95.5. The van der Waals surface area contributed by atoms with E-state index in [-0.39, 0.29) is 222 Å². The zero-order valence-electron chi connectivity index (χ0n) is 62.8. The van der Waals surface area contributed by atoms with E-state index in [1.54, 1.807) is 6.92 Å². The van der Waals surface area contributed by atoms with E-state index in [0.717, 1.165) is 17.1 Å². The third-order valence-electron chi connectivity index (χ3n) is 17.5. The molecule has 0 aromatic heterocycles. The Kier molecular flexibility index (Phi) is 47.7. The molecule has 9 atom stereocenters. The maximum Gasteiger partial charge on any atom is 0.253 e. The molecule has 612 valence electrons. The number of aliphatic imine (C=N–C) groups is 8. The molecule has 0 unspecified atom stereocenters. The molecule has 0 radical (unpaired) electrons. The Balaban J connectivity index is 3.89. The van der Waals surface area contributed by atoms with Crippen LogP contribution in [0.3, 0.4) is 0 Å². The predicted octanol–water partition coefficient (Wildman–Crippen LogP) is -6.39. The summed E-state index contributed by atoms with van der Waals surface area (Å²) in [5.74, 6) is -14.4. The number of hydrogen-bond acceptors (Lipinski definition) is 20. The van der Waals surface area contributed by atoms with Gasteiger partial charge in [0.1, 0.15) is 5.78 Å². The number of nitrogens with one attached hydrogen (secondary N) is 4. The maximum atomic E-state index is 15.0. The molecule has 0 fully saturated rings. The maximum absolute atomic E-state index is 15.0. The number of unbranched alkanes of at least 4 members (excludes halogenated alkanes) is 2. The first-order valence-corrected chi connectivity index (χ1v) is 36.6. The second kappa shape index (κ2) is 54.3. The normalized spacial score (nSPS) is 14.0. The number of carbonyl (C=O) groups is 12. The quantitative estimate of drug-likeness (QED) is 0.0117. The summed E-state index contributed by atoms with van der Waals surface area (Å²) in [7, 11) is 0. The molecule has 0 spiro atoms. The molecule has 0 aromatic carbocycles. The summed E-state index contributed by atoms with van der Waals surface area (Å²) in [4.78, 5) is 200. The van der Waals surface area contributed by atoms with Crippen LogP contribution in [0.15, 0.2) is 52.1 Å². The minimum Gasteiger partial charge on any atom is -0.370 e. The van der Waals surface area contributed by atoms with E-state index in [0.29, 0.717) is 32.1 Å². The largest absolute Gasteiger partial charge is 0.370 e. The Morgan fingerprint density at radius 2 is 0.560 bits per heavy atom. The third kappa shape index (κ3) is 45.1. The number of imide groups is 1. The second-order valence-corrected chi connectivity index (χ2v) is 26.7. The topological polar surface area (TPSA) is 797 Å². The lowest BCUT2D eigenvalue weighted by molar-refractivity contribution is -0.137. The van der Waals surface area contributed by atoms with Crippen LogP contribution in [0.2, 0.25) is 0 Å². The SMILES string of the molecule is C[C@H](CCCN=C(N)N)C(=O)N[C@H](CCCN=C(N)N)C(=O)C[C@H](CCCN=C(N)N)C(=O)N[C@H](CCCN=C(N)N)C(=O)C[C@H](CCCN=C(N)N)C(=O)N[C@H](CCCN=C(N)N)C(=O)C[C@H](CCCN=C(N)N)C(=O)N[C@H](CCCN=C(N)N)C(=O)C[C@H](CCCCCC(=O)CCN1C(=O)C=CC1=O)C(N)=O. The average molecular weight is 1540 g/mol. The van der Waals surface area contributed by atoms with E-state index in [1.807, 2.05) is 0 Å². The van der Waals surface area contributed by atoms with Crippen LogP contribution in [0.25, 0.3) is 0 Å². The van der Waals surface area contributed by atoms with Crippen LogP contribution in [-0.2, 0) is 57.5 Å². The fourth-order valence-corrected chi connectivity index (χ4v) is 11.6. The first kappa shape index (κ1) is 95.8. The zero-order valence-corrected chi connectivity index (χ0v) is 62.8. The molecule has 0 aliphatic carbocycles. The van der Waals surface area contributed by atoms with Gasteiger partial charge in [-0.3, -0.25) is 102 Å². The van der Waals surface area contributed by atoms with Crippen molar-refractivity contribution in [2.24, 2.45) is 167 Å². The van der Waals surface area contributed by atoms with Gasteiger partial charge in [-0.1, -0.05) is 19.8 Å². The van der Waals surface area contributed by atoms with Crippen molar-refractivity contribution in [1.29, 1.82) is 0 Å². The van der Waals surface area contributed by atoms with Crippen LogP contribution in [0.4, 0.5) is 0 Å². The van der Waals surface area contributed by atoms with Crippen molar-refractivity contribution < 1.29 is 57.5 Å². The van der Waals surface area contributed by atoms with Crippen molar-refractivity contribution in [3.8, 4) is 0 Å². The van der Waals surface area contributed by atoms with Gasteiger partial charge in [0.2, 0.25) is 29.5 Å². The number of guanidine groups is 8. The van der Waals surface area contributed by atoms with Crippen LogP contribution in [-0.4, -0.2) is 206 Å². The van der Waals surface area contributed by atoms with E-state index in [2.05, 4.69) is 61.2 Å². The van der Waals surface area contributed by atoms with Crippen LogP contribution >= 0.6 is 0 Å². The number of rotatable bonds is 62. The Morgan fingerprint density at radius 3 is 0.835 bits per heavy atom. The molecule has 0 saturated heterocycles. The molecular weight excluding hydrogens is 1420 g/mol. The van der Waals surface area contributed by atoms with Crippen LogP contribution in [0, 0.1) is 29.6 Å². The Bertz CT molecular complexity index is 3230. The summed E-state index contributed by atoms with van der Waals surface area (Å²) >= 11 is 0. The van der Waals surface area contributed by atoms with Crippen molar-refractivity contribution >= 4 is 118 Å². The van der Waals surface area contributed by atoms with Crippen LogP contribution in [0.5, 0.6) is 0 Å².